The summed E-state index contributed by atoms with van der Waals surface area (Å²) in [6.45, 7) is 28.6. The van der Waals surface area contributed by atoms with Crippen LogP contribution in [-0.4, -0.2) is 116 Å². The van der Waals surface area contributed by atoms with Crippen molar-refractivity contribution in [1.82, 2.24) is 0 Å². The summed E-state index contributed by atoms with van der Waals surface area (Å²) < 4.78 is 48.9. The zero-order valence-electron chi connectivity index (χ0n) is 42.7. The van der Waals surface area contributed by atoms with Crippen molar-refractivity contribution in [3.8, 4) is 0 Å². The predicted octanol–water partition coefficient (Wildman–Crippen LogP) is 8.99. The number of methoxy groups -OCH3 is 1. The number of aliphatic hydroxyl groups excluding tert-OH is 1. The molecule has 0 bridgehead atoms. The van der Waals surface area contributed by atoms with E-state index in [1.807, 2.05) is 55.4 Å². The molecule has 3 aliphatic carbocycles. The number of aliphatic hydroxyl groups is 1. The maximum atomic E-state index is 12.2. The Labute approximate surface area is 438 Å². The smallest absolute Gasteiger partial charge is 0.337 e. The van der Waals surface area contributed by atoms with Crippen LogP contribution in [0.4, 0.5) is 0 Å². The van der Waals surface area contributed by atoms with Crippen molar-refractivity contribution >= 4 is 24.7 Å². The van der Waals surface area contributed by atoms with Crippen molar-refractivity contribution in [2.45, 2.75) is 247 Å². The molecule has 3 rings (SSSR count). The van der Waals surface area contributed by atoms with Gasteiger partial charge < -0.3 is 52.5 Å². The number of esters is 2. The van der Waals surface area contributed by atoms with E-state index in [0.717, 1.165) is 76.3 Å². The van der Waals surface area contributed by atoms with Crippen molar-refractivity contribution in [2.24, 2.45) is 5.92 Å². The van der Waals surface area contributed by atoms with Crippen LogP contribution in [0.25, 0.3) is 0 Å². The molecule has 0 aliphatic heterocycles. The number of carbonyl (C=O) groups excluding carboxylic acids is 4. The van der Waals surface area contributed by atoms with Crippen LogP contribution in [0, 0.1) is 18.1 Å². The second-order valence-electron chi connectivity index (χ2n) is 19.4. The van der Waals surface area contributed by atoms with Crippen molar-refractivity contribution in [3.05, 3.63) is 12.2 Å². The van der Waals surface area contributed by atoms with Gasteiger partial charge in [-0.25, -0.2) is 17.0 Å². The number of hydrogen-bond acceptors (Lipinski definition) is 14. The summed E-state index contributed by atoms with van der Waals surface area (Å²) in [4.78, 5) is 44.2. The minimum atomic E-state index is -1.01. The van der Waals surface area contributed by atoms with Gasteiger partial charge in [-0.2, -0.15) is 27.7 Å². The number of ether oxygens (including phenoxy) is 9. The molecular weight excluding hydrogens is 978 g/mol. The van der Waals surface area contributed by atoms with Crippen LogP contribution in [0.3, 0.4) is 0 Å². The minimum absolute atomic E-state index is 0. The molecular formula is C48H88O14Y2-2. The van der Waals surface area contributed by atoms with Gasteiger partial charge in [0, 0.05) is 72.5 Å². The number of aldehydes is 1. The van der Waals surface area contributed by atoms with Crippen LogP contribution in [0.1, 0.15) is 181 Å². The fourth-order valence-electron chi connectivity index (χ4n) is 7.14. The molecule has 8 unspecified atom stereocenters. The Kier molecular flexibility index (Phi) is 38.4. The van der Waals surface area contributed by atoms with Crippen molar-refractivity contribution in [2.75, 3.05) is 20.3 Å². The fourth-order valence-corrected chi connectivity index (χ4v) is 7.14. The molecule has 0 heterocycles. The summed E-state index contributed by atoms with van der Waals surface area (Å²) >= 11 is 0. The zero-order chi connectivity index (χ0) is 47.7. The second kappa shape index (κ2) is 36.0. The van der Waals surface area contributed by atoms with E-state index in [9.17, 15) is 24.3 Å². The molecule has 0 aromatic carbocycles. The Hall–Kier alpha value is 0.00779. The maximum Gasteiger partial charge on any atom is 0.337 e. The summed E-state index contributed by atoms with van der Waals surface area (Å²) in [6, 6.07) is 0. The summed E-state index contributed by atoms with van der Waals surface area (Å²) in [5.41, 5.74) is -2.11. The SMILES string of the molecule is CC(COC(=O)C(C)(C)OC1CCCC(O)C1)OC(C)(C)C.CC(COC(=O)C(C)C)OC(C)(C)C=O.COC1CCCCC1O[C-](C)C.C[C-](C)OC1CCCCC1OC=O.[Y].[Y]. The van der Waals surface area contributed by atoms with Crippen LogP contribution < -0.4 is 0 Å². The largest absolute Gasteiger partial charge is 0.545 e. The van der Waals surface area contributed by atoms with Crippen molar-refractivity contribution < 1.29 is 132 Å². The van der Waals surface area contributed by atoms with Crippen molar-refractivity contribution in [1.29, 1.82) is 0 Å². The standard InChI is InChI=1S/C17H32O5.C11H20O4.C10H17O3.C10H19O2.2Y/c1-12(21-16(2,3)4)11-20-15(19)17(5,6)22-14-9-7-8-13(18)10-14;1-8(2)10(13)14-6-9(3)15-11(4,5)7-12;1-8(2)13-10-6-4-3-5-9(10)12-7-11;1-8(2)12-10-7-5-4-6-9(10)11-3;;/h12-14,18H,7-11H2,1-6H3;7-9H,6H2,1-5H3;7,9-10H,3-6H2,1-2H3;9-10H,4-7H2,1-3H3;;/q;;2*-1;;. The summed E-state index contributed by atoms with van der Waals surface area (Å²) in [7, 11) is 1.78. The van der Waals surface area contributed by atoms with Gasteiger partial charge in [-0.3, -0.25) is 9.59 Å². The third-order valence-corrected chi connectivity index (χ3v) is 9.87. The van der Waals surface area contributed by atoms with E-state index in [-0.39, 0.29) is 133 Å². The van der Waals surface area contributed by atoms with Gasteiger partial charge in [0.2, 0.25) is 0 Å². The van der Waals surface area contributed by atoms with Crippen LogP contribution >= 0.6 is 0 Å². The number of rotatable bonds is 19. The molecule has 16 heteroatoms. The second-order valence-corrected chi connectivity index (χ2v) is 19.4. The first-order valence-electron chi connectivity index (χ1n) is 22.8. The molecule has 3 aliphatic rings. The Morgan fingerprint density at radius 2 is 1.14 bits per heavy atom. The Morgan fingerprint density at radius 3 is 1.58 bits per heavy atom. The minimum Gasteiger partial charge on any atom is -0.545 e. The molecule has 0 aromatic rings. The van der Waals surface area contributed by atoms with Gasteiger partial charge in [0.1, 0.15) is 24.9 Å². The fraction of sp³-hybridized carbons (Fsp3) is 0.875. The van der Waals surface area contributed by atoms with E-state index < -0.39 is 17.2 Å². The normalized spacial score (nSPS) is 23.4. The molecule has 0 amide bonds. The van der Waals surface area contributed by atoms with Crippen LogP contribution in [0.5, 0.6) is 0 Å². The van der Waals surface area contributed by atoms with Crippen molar-refractivity contribution in [3.63, 3.8) is 0 Å². The molecule has 14 nitrogen and oxygen atoms in total. The molecule has 0 spiro atoms. The average molecular weight is 1070 g/mol. The maximum absolute atomic E-state index is 12.2. The molecule has 0 aromatic heterocycles. The number of hydrogen-bond donors (Lipinski definition) is 1. The van der Waals surface area contributed by atoms with Crippen LogP contribution in [0.2, 0.25) is 0 Å². The van der Waals surface area contributed by atoms with Gasteiger partial charge >= 0.3 is 11.9 Å². The first-order chi connectivity index (χ1) is 28.7. The summed E-state index contributed by atoms with van der Waals surface area (Å²) in [5, 5.41) is 9.69. The van der Waals surface area contributed by atoms with E-state index in [2.05, 4.69) is 0 Å². The van der Waals surface area contributed by atoms with Gasteiger partial charge in [-0.05, 0) is 120 Å². The van der Waals surface area contributed by atoms with Crippen LogP contribution in [0.15, 0.2) is 0 Å². The molecule has 2 radical (unpaired) electrons. The van der Waals surface area contributed by atoms with Gasteiger partial charge in [-0.15, -0.1) is 0 Å². The molecule has 0 saturated heterocycles. The zero-order valence-corrected chi connectivity index (χ0v) is 48.3. The van der Waals surface area contributed by atoms with Crippen LogP contribution in [-0.2, 0) is 127 Å². The predicted molar refractivity (Wildman–Crippen MR) is 239 cm³/mol. The molecule has 372 valence electrons. The molecule has 1 N–H and O–H groups in total. The van der Waals surface area contributed by atoms with Gasteiger partial charge in [0.05, 0.1) is 54.2 Å². The van der Waals surface area contributed by atoms with Gasteiger partial charge in [0.25, 0.3) is 6.47 Å². The molecule has 3 saturated carbocycles. The van der Waals surface area contributed by atoms with Gasteiger partial charge in [0.15, 0.2) is 11.9 Å². The Balaban J connectivity index is -0.000000790. The third-order valence-electron chi connectivity index (χ3n) is 9.87. The monoisotopic (exact) mass is 1070 g/mol. The molecule has 3 fully saturated rings. The van der Waals surface area contributed by atoms with E-state index in [0.29, 0.717) is 25.1 Å². The molecule has 8 atom stereocenters. The Bertz CT molecular complexity index is 1230. The first-order valence-corrected chi connectivity index (χ1v) is 22.8. The van der Waals surface area contributed by atoms with E-state index in [1.54, 1.807) is 55.6 Å². The van der Waals surface area contributed by atoms with E-state index in [1.165, 1.54) is 12.8 Å². The van der Waals surface area contributed by atoms with E-state index in [4.69, 9.17) is 42.6 Å². The average Bonchev–Trinajstić information content (AvgIpc) is 3.16. The first kappa shape index (κ1) is 68.3. The number of carbonyl (C=O) groups is 4. The quantitative estimate of drug-likeness (QED) is 0.0562. The topological polar surface area (TPSA) is 172 Å². The molecule has 64 heavy (non-hydrogen) atoms. The summed E-state index contributed by atoms with van der Waals surface area (Å²) in [5.74, 6) is -0.789. The third kappa shape index (κ3) is 33.5. The Morgan fingerprint density at radius 1 is 0.672 bits per heavy atom. The summed E-state index contributed by atoms with van der Waals surface area (Å²) in [6.07, 6.45) is 14.7. The van der Waals surface area contributed by atoms with Gasteiger partial charge in [-0.1, -0.05) is 33.1 Å². The van der Waals surface area contributed by atoms with E-state index >= 15 is 0 Å².